The summed E-state index contributed by atoms with van der Waals surface area (Å²) < 4.78 is 46.6. The highest BCUT2D eigenvalue weighted by Crippen LogP contribution is 2.59. The lowest BCUT2D eigenvalue weighted by molar-refractivity contribution is -0.154. The van der Waals surface area contributed by atoms with Crippen LogP contribution in [-0.2, 0) is 37.5 Å². The molecule has 264 valence electrons. The molecule has 0 radical (unpaired) electrons. The fourth-order valence-corrected chi connectivity index (χ4v) is 7.73. The Kier molecular flexibility index (Phi) is 9.70. The maximum Gasteiger partial charge on any atom is 0.399 e. The van der Waals surface area contributed by atoms with Crippen molar-refractivity contribution in [1.29, 1.82) is 0 Å². The number of hydrogen-bond acceptors (Lipinski definition) is 7. The minimum absolute atomic E-state index is 0.115. The van der Waals surface area contributed by atoms with Gasteiger partial charge in [-0.1, -0.05) is 57.2 Å². The van der Waals surface area contributed by atoms with Gasteiger partial charge in [0.15, 0.2) is 0 Å². The van der Waals surface area contributed by atoms with Crippen LogP contribution in [0.2, 0.25) is 0 Å². The number of carbonyl (C=O) groups is 3. The zero-order valence-electron chi connectivity index (χ0n) is 27.6. The van der Waals surface area contributed by atoms with Crippen molar-refractivity contribution in [2.24, 2.45) is 5.41 Å². The number of thiophene rings is 1. The van der Waals surface area contributed by atoms with E-state index >= 15 is 0 Å². The standard InChI is InChI=1S/C35H37F2N4O7PS/c1-34(2,3)30(39-31(42)29-18-23-16-24(11-12-28(23)50-29)35(36,37)49(45,46)47)33(44)41-19-22-9-5-4-8-21(22)17-26(41)32(43)40-14-15-48-27(20-40)25-10-6-7-13-38-25/h4-13,16,18,26-27,30H,14-15,17,19-20H2,1-3H3,(H,39,42)(H2,45,46,47)/t26-,27?,30+/m0/s1. The van der Waals surface area contributed by atoms with E-state index in [1.807, 2.05) is 36.4 Å². The van der Waals surface area contributed by atoms with E-state index in [1.165, 1.54) is 17.0 Å². The number of alkyl halides is 2. The molecule has 2 aromatic heterocycles. The summed E-state index contributed by atoms with van der Waals surface area (Å²) in [6, 6.07) is 15.7. The van der Waals surface area contributed by atoms with Crippen LogP contribution in [-0.4, -0.2) is 74.1 Å². The van der Waals surface area contributed by atoms with Gasteiger partial charge in [0.2, 0.25) is 11.8 Å². The molecular weight excluding hydrogens is 689 g/mol. The Morgan fingerprint density at radius 2 is 1.76 bits per heavy atom. The van der Waals surface area contributed by atoms with Gasteiger partial charge in [0.25, 0.3) is 5.91 Å². The number of nitrogens with one attached hydrogen (secondary N) is 1. The Labute approximate surface area is 291 Å². The molecule has 0 saturated carbocycles. The highest BCUT2D eigenvalue weighted by molar-refractivity contribution is 7.52. The largest absolute Gasteiger partial charge is 0.399 e. The molecule has 3 N–H and O–H groups in total. The van der Waals surface area contributed by atoms with E-state index in [-0.39, 0.29) is 35.7 Å². The smallest absolute Gasteiger partial charge is 0.368 e. The SMILES string of the molecule is CC(C)(C)[C@H](NC(=O)c1cc2cc(C(F)(F)P(=O)(O)O)ccc2s1)C(=O)N1Cc2ccccc2C[C@H]1C(=O)N1CCOC(c2ccccn2)C1. The van der Waals surface area contributed by atoms with E-state index in [4.69, 9.17) is 4.74 Å². The summed E-state index contributed by atoms with van der Waals surface area (Å²) in [5.74, 6) is -1.31. The number of halogens is 2. The summed E-state index contributed by atoms with van der Waals surface area (Å²) in [5, 5.41) is 3.04. The average molecular weight is 727 g/mol. The summed E-state index contributed by atoms with van der Waals surface area (Å²) in [6.45, 7) is 6.46. The van der Waals surface area contributed by atoms with E-state index in [0.717, 1.165) is 34.6 Å². The van der Waals surface area contributed by atoms with Gasteiger partial charge in [-0.25, -0.2) is 0 Å². The number of pyridine rings is 1. The van der Waals surface area contributed by atoms with Crippen molar-refractivity contribution in [3.05, 3.63) is 100 Å². The molecule has 6 rings (SSSR count). The van der Waals surface area contributed by atoms with Crippen LogP contribution in [0, 0.1) is 5.41 Å². The van der Waals surface area contributed by atoms with Gasteiger partial charge in [-0.2, -0.15) is 8.78 Å². The molecule has 0 aliphatic carbocycles. The minimum Gasteiger partial charge on any atom is -0.368 e. The van der Waals surface area contributed by atoms with E-state index in [1.54, 1.807) is 37.9 Å². The van der Waals surface area contributed by atoms with Crippen molar-refractivity contribution < 1.29 is 42.3 Å². The lowest BCUT2D eigenvalue weighted by Gasteiger charge is -2.43. The molecule has 4 heterocycles. The highest BCUT2D eigenvalue weighted by atomic mass is 32.1. The summed E-state index contributed by atoms with van der Waals surface area (Å²) in [6.07, 6.45) is 1.53. The zero-order chi connectivity index (χ0) is 36.0. The Bertz CT molecular complexity index is 1980. The molecule has 1 saturated heterocycles. The molecule has 2 aliphatic heterocycles. The molecule has 2 aromatic carbocycles. The number of benzene rings is 2. The Balaban J connectivity index is 1.27. The van der Waals surface area contributed by atoms with Crippen LogP contribution >= 0.6 is 18.9 Å². The molecule has 0 spiro atoms. The number of aromatic nitrogens is 1. The molecule has 2 aliphatic rings. The van der Waals surface area contributed by atoms with Gasteiger partial charge in [0, 0.05) is 36.0 Å². The average Bonchev–Trinajstić information content (AvgIpc) is 3.53. The molecule has 3 atom stereocenters. The fourth-order valence-electron chi connectivity index (χ4n) is 6.31. The fraction of sp³-hybridized carbons (Fsp3) is 0.371. The van der Waals surface area contributed by atoms with Crippen LogP contribution in [0.5, 0.6) is 0 Å². The molecule has 1 fully saturated rings. The third-order valence-corrected chi connectivity index (χ3v) is 11.2. The number of hydrogen-bond donors (Lipinski definition) is 3. The molecule has 3 amide bonds. The van der Waals surface area contributed by atoms with Crippen molar-refractivity contribution in [2.75, 3.05) is 19.7 Å². The predicted octanol–water partition coefficient (Wildman–Crippen LogP) is 5.22. The molecule has 4 aromatic rings. The van der Waals surface area contributed by atoms with Crippen molar-refractivity contribution in [3.8, 4) is 0 Å². The second-order valence-electron chi connectivity index (χ2n) is 13.6. The summed E-state index contributed by atoms with van der Waals surface area (Å²) in [7, 11) is -5.79. The van der Waals surface area contributed by atoms with Crippen LogP contribution in [0.25, 0.3) is 10.1 Å². The quantitative estimate of drug-likeness (QED) is 0.220. The van der Waals surface area contributed by atoms with E-state index in [9.17, 15) is 37.5 Å². The summed E-state index contributed by atoms with van der Waals surface area (Å²) >= 11 is 0.992. The highest BCUT2D eigenvalue weighted by Gasteiger charge is 2.50. The first-order valence-electron chi connectivity index (χ1n) is 16.0. The normalized spacial score (nSPS) is 19.2. The van der Waals surface area contributed by atoms with Crippen LogP contribution in [0.4, 0.5) is 8.78 Å². The van der Waals surface area contributed by atoms with Crippen molar-refractivity contribution in [1.82, 2.24) is 20.1 Å². The second kappa shape index (κ2) is 13.6. The number of carbonyl (C=O) groups excluding carboxylic acids is 3. The monoisotopic (exact) mass is 726 g/mol. The number of amides is 3. The first-order valence-corrected chi connectivity index (χ1v) is 18.4. The van der Waals surface area contributed by atoms with Gasteiger partial charge < -0.3 is 29.6 Å². The predicted molar refractivity (Wildman–Crippen MR) is 182 cm³/mol. The summed E-state index contributed by atoms with van der Waals surface area (Å²) in [4.78, 5) is 68.7. The number of morpholine rings is 1. The molecule has 50 heavy (non-hydrogen) atoms. The molecule has 0 bridgehead atoms. The molecule has 1 unspecified atom stereocenters. The number of nitrogens with zero attached hydrogens (tertiary/aromatic N) is 3. The van der Waals surface area contributed by atoms with Gasteiger partial charge in [0.1, 0.15) is 18.2 Å². The van der Waals surface area contributed by atoms with E-state index < -0.39 is 54.2 Å². The Morgan fingerprint density at radius 1 is 1.04 bits per heavy atom. The van der Waals surface area contributed by atoms with Crippen LogP contribution in [0.1, 0.15) is 58.9 Å². The molecule has 11 nitrogen and oxygen atoms in total. The number of ether oxygens (including phenoxy) is 1. The second-order valence-corrected chi connectivity index (χ2v) is 16.3. The Morgan fingerprint density at radius 3 is 2.44 bits per heavy atom. The van der Waals surface area contributed by atoms with Gasteiger partial charge in [0.05, 0.1) is 23.7 Å². The van der Waals surface area contributed by atoms with Crippen LogP contribution in [0.3, 0.4) is 0 Å². The first kappa shape index (κ1) is 35.7. The van der Waals surface area contributed by atoms with Gasteiger partial charge in [-0.15, -0.1) is 11.3 Å². The third kappa shape index (κ3) is 7.08. The van der Waals surface area contributed by atoms with Crippen molar-refractivity contribution >= 4 is 46.7 Å². The van der Waals surface area contributed by atoms with Crippen LogP contribution in [0.15, 0.2) is 72.9 Å². The van der Waals surface area contributed by atoms with Crippen molar-refractivity contribution in [3.63, 3.8) is 0 Å². The van der Waals surface area contributed by atoms with Gasteiger partial charge >= 0.3 is 13.3 Å². The van der Waals surface area contributed by atoms with Gasteiger partial charge in [-0.05, 0) is 52.3 Å². The Hall–Kier alpha value is -4.07. The van der Waals surface area contributed by atoms with Crippen LogP contribution < -0.4 is 5.32 Å². The lowest BCUT2D eigenvalue weighted by Crippen LogP contribution is -2.61. The maximum absolute atomic E-state index is 14.6. The first-order chi connectivity index (χ1) is 23.5. The van der Waals surface area contributed by atoms with Gasteiger partial charge in [-0.3, -0.25) is 23.9 Å². The zero-order valence-corrected chi connectivity index (χ0v) is 29.3. The third-order valence-electron chi connectivity index (χ3n) is 9.05. The maximum atomic E-state index is 14.6. The number of rotatable bonds is 7. The van der Waals surface area contributed by atoms with Crippen molar-refractivity contribution in [2.45, 2.75) is 57.6 Å². The van der Waals surface area contributed by atoms with E-state index in [2.05, 4.69) is 10.3 Å². The molecule has 15 heteroatoms. The topological polar surface area (TPSA) is 149 Å². The number of fused-ring (bicyclic) bond motifs is 2. The van der Waals surface area contributed by atoms with E-state index in [0.29, 0.717) is 23.5 Å². The summed E-state index contributed by atoms with van der Waals surface area (Å²) in [5.41, 5.74) is -3.54. The lowest BCUT2D eigenvalue weighted by atomic mass is 9.84. The minimum atomic E-state index is -5.79. The molecular formula is C35H37F2N4O7PS.